The molecule has 0 saturated carbocycles. The fourth-order valence-electron chi connectivity index (χ4n) is 2.61. The summed E-state index contributed by atoms with van der Waals surface area (Å²) in [5.74, 6) is 0.154. The molecule has 17 heavy (non-hydrogen) atoms. The van der Waals surface area contributed by atoms with Gasteiger partial charge in [0.1, 0.15) is 6.29 Å². The minimum atomic E-state index is 0.154. The van der Waals surface area contributed by atoms with Crippen molar-refractivity contribution >= 4 is 24.3 Å². The quantitative estimate of drug-likeness (QED) is 0.672. The van der Waals surface area contributed by atoms with E-state index in [0.717, 1.165) is 34.3 Å². The molecule has 1 aromatic rings. The normalized spacial score (nSPS) is 21.1. The van der Waals surface area contributed by atoms with Crippen LogP contribution in [-0.4, -0.2) is 12.5 Å². The molecule has 1 heterocycles. The van der Waals surface area contributed by atoms with Crippen molar-refractivity contribution in [2.24, 2.45) is 4.99 Å². The van der Waals surface area contributed by atoms with Gasteiger partial charge in [0.2, 0.25) is 0 Å². The van der Waals surface area contributed by atoms with Gasteiger partial charge in [-0.3, -0.25) is 9.79 Å². The lowest BCUT2D eigenvalue weighted by atomic mass is 9.96. The third-order valence-corrected chi connectivity index (χ3v) is 3.48. The lowest BCUT2D eigenvalue weighted by molar-refractivity contribution is -0.105. The molecule has 0 fully saturated rings. The monoisotopic (exact) mass is 223 g/mol. The number of allylic oxidation sites excluding steroid dienone is 2. The van der Waals surface area contributed by atoms with Crippen molar-refractivity contribution in [3.05, 3.63) is 46.0 Å². The van der Waals surface area contributed by atoms with Gasteiger partial charge >= 0.3 is 0 Å². The Morgan fingerprint density at radius 3 is 2.94 bits per heavy atom. The van der Waals surface area contributed by atoms with Gasteiger partial charge in [0, 0.05) is 23.3 Å². The smallest absolute Gasteiger partial charge is 0.148 e. The van der Waals surface area contributed by atoms with E-state index in [9.17, 15) is 4.79 Å². The van der Waals surface area contributed by atoms with Gasteiger partial charge in [-0.25, -0.2) is 0 Å². The van der Waals surface area contributed by atoms with Crippen LogP contribution in [0.4, 0.5) is 0 Å². The molecule has 2 heteroatoms. The summed E-state index contributed by atoms with van der Waals surface area (Å²) in [7, 11) is 0. The molecule has 0 amide bonds. The van der Waals surface area contributed by atoms with Crippen LogP contribution in [-0.2, 0) is 4.79 Å². The number of hydrogen-bond acceptors (Lipinski definition) is 2. The molecular weight excluding hydrogens is 210 g/mol. The van der Waals surface area contributed by atoms with Crippen molar-refractivity contribution in [1.29, 1.82) is 0 Å². The van der Waals surface area contributed by atoms with Crippen LogP contribution in [0.25, 0.3) is 11.8 Å². The zero-order chi connectivity index (χ0) is 12.0. The van der Waals surface area contributed by atoms with Crippen molar-refractivity contribution in [2.45, 2.75) is 19.8 Å². The molecule has 1 aromatic carbocycles. The van der Waals surface area contributed by atoms with E-state index in [2.05, 4.69) is 30.1 Å². The molecule has 0 N–H and O–H groups in total. The molecule has 2 aliphatic rings. The van der Waals surface area contributed by atoms with Gasteiger partial charge in [-0.2, -0.15) is 0 Å². The van der Waals surface area contributed by atoms with Gasteiger partial charge in [-0.15, -0.1) is 0 Å². The molecule has 2 nitrogen and oxygen atoms in total. The van der Waals surface area contributed by atoms with Crippen molar-refractivity contribution in [2.75, 3.05) is 0 Å². The SMILES string of the molecule is CC1=Cc2cccc3c2C(=C(C=O)C3C)N=C1. The van der Waals surface area contributed by atoms with Crippen LogP contribution >= 0.6 is 0 Å². The van der Waals surface area contributed by atoms with E-state index in [-0.39, 0.29) is 5.92 Å². The van der Waals surface area contributed by atoms with Gasteiger partial charge in [0.15, 0.2) is 0 Å². The minimum Gasteiger partial charge on any atom is -0.298 e. The molecule has 1 unspecified atom stereocenters. The second kappa shape index (κ2) is 3.52. The van der Waals surface area contributed by atoms with Gasteiger partial charge in [0.25, 0.3) is 0 Å². The Morgan fingerprint density at radius 2 is 2.18 bits per heavy atom. The number of carbonyl (C=O) groups is 1. The first kappa shape index (κ1) is 10.2. The van der Waals surface area contributed by atoms with Crippen molar-refractivity contribution < 1.29 is 4.79 Å². The number of rotatable bonds is 1. The highest BCUT2D eigenvalue weighted by atomic mass is 16.1. The maximum Gasteiger partial charge on any atom is 0.148 e. The van der Waals surface area contributed by atoms with Crippen LogP contribution in [0, 0.1) is 0 Å². The van der Waals surface area contributed by atoms with Crippen LogP contribution in [0.15, 0.2) is 34.3 Å². The maximum absolute atomic E-state index is 11.2. The Labute approximate surface area is 100 Å². The van der Waals surface area contributed by atoms with E-state index in [1.807, 2.05) is 19.2 Å². The summed E-state index contributed by atoms with van der Waals surface area (Å²) in [4.78, 5) is 15.7. The molecule has 0 saturated heterocycles. The van der Waals surface area contributed by atoms with Crippen LogP contribution in [0.1, 0.15) is 36.5 Å². The highest BCUT2D eigenvalue weighted by Crippen LogP contribution is 2.44. The number of benzene rings is 1. The first-order valence-electron chi connectivity index (χ1n) is 5.77. The van der Waals surface area contributed by atoms with E-state index >= 15 is 0 Å². The van der Waals surface area contributed by atoms with E-state index in [1.165, 1.54) is 5.56 Å². The molecule has 1 aliphatic carbocycles. The second-order valence-corrected chi connectivity index (χ2v) is 4.60. The number of aldehydes is 1. The standard InChI is InChI=1S/C15H13NO/c1-9-6-11-4-3-5-12-10(2)13(8-17)15(14(11)12)16-7-9/h3-8,10H,1-2H3. The van der Waals surface area contributed by atoms with E-state index in [1.54, 1.807) is 0 Å². The summed E-state index contributed by atoms with van der Waals surface area (Å²) < 4.78 is 0. The molecule has 3 rings (SSSR count). The number of carbonyl (C=O) groups excluding carboxylic acids is 1. The Morgan fingerprint density at radius 1 is 1.35 bits per heavy atom. The van der Waals surface area contributed by atoms with E-state index in [4.69, 9.17) is 0 Å². The van der Waals surface area contributed by atoms with Crippen LogP contribution in [0.3, 0.4) is 0 Å². The van der Waals surface area contributed by atoms with Crippen LogP contribution in [0.2, 0.25) is 0 Å². The number of hydrogen-bond donors (Lipinski definition) is 0. The lowest BCUT2D eigenvalue weighted by Gasteiger charge is -2.07. The fraction of sp³-hybridized carbons (Fsp3) is 0.200. The molecule has 1 atom stereocenters. The zero-order valence-electron chi connectivity index (χ0n) is 9.90. The second-order valence-electron chi connectivity index (χ2n) is 4.60. The average molecular weight is 223 g/mol. The summed E-state index contributed by atoms with van der Waals surface area (Å²) in [5.41, 5.74) is 6.27. The maximum atomic E-state index is 11.2. The first-order valence-corrected chi connectivity index (χ1v) is 5.77. The summed E-state index contributed by atoms with van der Waals surface area (Å²) in [6, 6.07) is 6.21. The molecule has 0 bridgehead atoms. The van der Waals surface area contributed by atoms with Crippen molar-refractivity contribution in [3.63, 3.8) is 0 Å². The Kier molecular flexibility index (Phi) is 2.11. The predicted octanol–water partition coefficient (Wildman–Crippen LogP) is 3.20. The van der Waals surface area contributed by atoms with Crippen LogP contribution < -0.4 is 0 Å². The summed E-state index contributed by atoms with van der Waals surface area (Å²) in [5, 5.41) is 0. The molecule has 84 valence electrons. The average Bonchev–Trinajstić information content (AvgIpc) is 2.48. The summed E-state index contributed by atoms with van der Waals surface area (Å²) in [6.07, 6.45) is 4.90. The van der Waals surface area contributed by atoms with Crippen molar-refractivity contribution in [1.82, 2.24) is 0 Å². The number of aliphatic imine (C=N–C) groups is 1. The van der Waals surface area contributed by atoms with E-state index in [0.29, 0.717) is 0 Å². The topological polar surface area (TPSA) is 29.4 Å². The molecule has 0 aromatic heterocycles. The van der Waals surface area contributed by atoms with Gasteiger partial charge < -0.3 is 0 Å². The highest BCUT2D eigenvalue weighted by Gasteiger charge is 2.29. The predicted molar refractivity (Wildman–Crippen MR) is 70.0 cm³/mol. The largest absolute Gasteiger partial charge is 0.298 e. The van der Waals surface area contributed by atoms with E-state index < -0.39 is 0 Å². The molecule has 0 spiro atoms. The fourth-order valence-corrected chi connectivity index (χ4v) is 2.61. The van der Waals surface area contributed by atoms with Gasteiger partial charge in [0.05, 0.1) is 5.70 Å². The Bertz CT molecular complexity index is 605. The third kappa shape index (κ3) is 1.34. The lowest BCUT2D eigenvalue weighted by Crippen LogP contribution is -1.94. The molecular formula is C15H13NO. The summed E-state index contributed by atoms with van der Waals surface area (Å²) >= 11 is 0. The first-order chi connectivity index (χ1) is 8.22. The highest BCUT2D eigenvalue weighted by molar-refractivity contribution is 6.02. The van der Waals surface area contributed by atoms with Gasteiger partial charge in [-0.05, 0) is 29.7 Å². The van der Waals surface area contributed by atoms with Crippen molar-refractivity contribution in [3.8, 4) is 0 Å². The van der Waals surface area contributed by atoms with Gasteiger partial charge in [-0.1, -0.05) is 25.1 Å². The Hall–Kier alpha value is -1.96. The number of nitrogens with zero attached hydrogens (tertiary/aromatic N) is 1. The third-order valence-electron chi connectivity index (χ3n) is 3.48. The minimum absolute atomic E-state index is 0.154. The zero-order valence-corrected chi connectivity index (χ0v) is 9.90. The van der Waals surface area contributed by atoms with Crippen LogP contribution in [0.5, 0.6) is 0 Å². The Balaban J connectivity index is 2.39. The summed E-state index contributed by atoms with van der Waals surface area (Å²) in [6.45, 7) is 4.08. The molecule has 0 radical (unpaired) electrons. The molecule has 1 aliphatic heterocycles.